The summed E-state index contributed by atoms with van der Waals surface area (Å²) in [7, 11) is 1.47. The normalized spacial score (nSPS) is 11.1. The van der Waals surface area contributed by atoms with Crippen LogP contribution in [0.1, 0.15) is 6.92 Å². The lowest BCUT2D eigenvalue weighted by atomic mass is 10.8. The van der Waals surface area contributed by atoms with Gasteiger partial charge in [0, 0.05) is 6.92 Å². The second-order valence-electron chi connectivity index (χ2n) is 1.13. The number of nitrogens with one attached hydrogen (secondary N) is 1. The highest BCUT2D eigenvalue weighted by molar-refractivity contribution is 6.64. The molecule has 8 heavy (non-hydrogen) atoms. The molecule has 0 fully saturated rings. The minimum atomic E-state index is -0.260. The summed E-state index contributed by atoms with van der Waals surface area (Å²) in [4.78, 5) is 3.44. The third-order valence-corrected chi connectivity index (χ3v) is 0.636. The maximum atomic E-state index is 6.63. The van der Waals surface area contributed by atoms with Gasteiger partial charge in [0.15, 0.2) is 5.90 Å². The lowest BCUT2D eigenvalue weighted by molar-refractivity contribution is 0.401. The summed E-state index contributed by atoms with van der Waals surface area (Å²) in [5.74, 6) is 0.394. The fraction of sp³-hybridized carbons (Fsp3) is 0.500. The van der Waals surface area contributed by atoms with E-state index in [0.717, 1.165) is 0 Å². The summed E-state index contributed by atoms with van der Waals surface area (Å²) in [6.07, 6.45) is 0. The zero-order valence-electron chi connectivity index (χ0n) is 4.73. The first-order valence-electron chi connectivity index (χ1n) is 2.00. The highest BCUT2D eigenvalue weighted by Gasteiger charge is 1.86. The Bertz CT molecular complexity index is 121. The Labute approximate surface area is 52.8 Å². The van der Waals surface area contributed by atoms with Crippen LogP contribution in [0.3, 0.4) is 0 Å². The maximum Gasteiger partial charge on any atom is 0.217 e. The molecule has 0 aromatic carbocycles. The van der Waals surface area contributed by atoms with Gasteiger partial charge in [-0.05, 0) is 11.6 Å². The summed E-state index contributed by atoms with van der Waals surface area (Å²) in [6, 6.07) is 0. The van der Waals surface area contributed by atoms with Gasteiger partial charge in [-0.1, -0.05) is 0 Å². The van der Waals surface area contributed by atoms with E-state index >= 15 is 0 Å². The van der Waals surface area contributed by atoms with E-state index < -0.39 is 0 Å². The van der Waals surface area contributed by atoms with E-state index in [9.17, 15) is 0 Å². The van der Waals surface area contributed by atoms with E-state index in [1.54, 1.807) is 6.92 Å². The summed E-state index contributed by atoms with van der Waals surface area (Å²) >= 11 is 5.07. The van der Waals surface area contributed by atoms with E-state index in [1.807, 2.05) is 0 Å². The molecule has 0 saturated carbocycles. The van der Waals surface area contributed by atoms with Gasteiger partial charge in [0.2, 0.25) is 5.29 Å². The predicted molar refractivity (Wildman–Crippen MR) is 33.7 cm³/mol. The predicted octanol–water partition coefficient (Wildman–Crippen LogP) is 1.22. The van der Waals surface area contributed by atoms with Crippen LogP contribution in [0, 0.1) is 5.41 Å². The number of hydrogen-bond donors (Lipinski definition) is 1. The van der Waals surface area contributed by atoms with Crippen molar-refractivity contribution in [1.82, 2.24) is 0 Å². The SMILES string of the molecule is CO/C(C)=N/C(=N)Cl. The minimum Gasteiger partial charge on any atom is -0.484 e. The van der Waals surface area contributed by atoms with E-state index in [1.165, 1.54) is 7.11 Å². The molecule has 0 aromatic heterocycles. The molecule has 3 nitrogen and oxygen atoms in total. The van der Waals surface area contributed by atoms with Crippen LogP contribution in [0.2, 0.25) is 0 Å². The first-order valence-corrected chi connectivity index (χ1v) is 2.38. The lowest BCUT2D eigenvalue weighted by Gasteiger charge is -1.92. The van der Waals surface area contributed by atoms with Crippen LogP contribution in [0.25, 0.3) is 0 Å². The number of methoxy groups -OCH3 is 1. The molecule has 0 aliphatic rings. The van der Waals surface area contributed by atoms with Gasteiger partial charge < -0.3 is 4.74 Å². The molecule has 0 heterocycles. The summed E-state index contributed by atoms with van der Waals surface area (Å²) in [5.41, 5.74) is 0. The van der Waals surface area contributed by atoms with Gasteiger partial charge in [-0.25, -0.2) is 0 Å². The van der Waals surface area contributed by atoms with Gasteiger partial charge in [0.05, 0.1) is 7.11 Å². The fourth-order valence-electron chi connectivity index (χ4n) is 0.184. The quantitative estimate of drug-likeness (QED) is 0.302. The number of rotatable bonds is 0. The first-order chi connectivity index (χ1) is 3.66. The van der Waals surface area contributed by atoms with Crippen LogP contribution < -0.4 is 0 Å². The lowest BCUT2D eigenvalue weighted by Crippen LogP contribution is -1.95. The molecule has 0 spiro atoms. The van der Waals surface area contributed by atoms with Crippen molar-refractivity contribution < 1.29 is 4.74 Å². The van der Waals surface area contributed by atoms with Crippen LogP contribution >= 0.6 is 11.6 Å². The van der Waals surface area contributed by atoms with Crippen LogP contribution in [0.5, 0.6) is 0 Å². The number of nitrogens with zero attached hydrogens (tertiary/aromatic N) is 1. The van der Waals surface area contributed by atoms with Gasteiger partial charge in [0.25, 0.3) is 0 Å². The topological polar surface area (TPSA) is 45.4 Å². The fourth-order valence-corrected chi connectivity index (χ4v) is 0.303. The van der Waals surface area contributed by atoms with Crippen molar-refractivity contribution in [1.29, 1.82) is 5.41 Å². The van der Waals surface area contributed by atoms with Gasteiger partial charge >= 0.3 is 0 Å². The molecule has 4 heteroatoms. The Morgan fingerprint density at radius 3 is 2.38 bits per heavy atom. The Hall–Kier alpha value is -0.570. The molecule has 46 valence electrons. The summed E-state index contributed by atoms with van der Waals surface area (Å²) in [5, 5.41) is 6.37. The van der Waals surface area contributed by atoms with Crippen LogP contribution in [0.4, 0.5) is 0 Å². The maximum absolute atomic E-state index is 6.63. The van der Waals surface area contributed by atoms with Crippen molar-refractivity contribution in [3.05, 3.63) is 0 Å². The van der Waals surface area contributed by atoms with Crippen molar-refractivity contribution in [2.45, 2.75) is 6.92 Å². The molecular formula is C4H7ClN2O. The molecule has 0 aliphatic heterocycles. The van der Waals surface area contributed by atoms with Gasteiger partial charge in [0.1, 0.15) is 0 Å². The molecule has 0 saturated heterocycles. The second kappa shape index (κ2) is 3.43. The number of amidine groups is 1. The van der Waals surface area contributed by atoms with E-state index in [0.29, 0.717) is 5.90 Å². The first kappa shape index (κ1) is 7.43. The molecule has 0 aliphatic carbocycles. The zero-order chi connectivity index (χ0) is 6.57. The standard InChI is InChI=1S/C4H7ClN2O/c1-3(8-2)7-4(5)6/h6H,1-2H3/b6-4?,7-3+. The van der Waals surface area contributed by atoms with E-state index in [4.69, 9.17) is 17.0 Å². The van der Waals surface area contributed by atoms with Crippen molar-refractivity contribution in [3.63, 3.8) is 0 Å². The van der Waals surface area contributed by atoms with Gasteiger partial charge in [-0.15, -0.1) is 0 Å². The molecule has 0 rings (SSSR count). The largest absolute Gasteiger partial charge is 0.484 e. The molecule has 0 amide bonds. The van der Waals surface area contributed by atoms with Gasteiger partial charge in [-0.2, -0.15) is 4.99 Å². The molecule has 0 aromatic rings. The number of aliphatic imine (C=N–C) groups is 1. The molecule has 1 N–H and O–H groups in total. The molecule has 0 bridgehead atoms. The molecular weight excluding hydrogens is 128 g/mol. The zero-order valence-corrected chi connectivity index (χ0v) is 5.49. The monoisotopic (exact) mass is 134 g/mol. The Morgan fingerprint density at radius 2 is 2.25 bits per heavy atom. The van der Waals surface area contributed by atoms with Gasteiger partial charge in [-0.3, -0.25) is 5.41 Å². The third kappa shape index (κ3) is 3.61. The van der Waals surface area contributed by atoms with Crippen molar-refractivity contribution in [2.24, 2.45) is 4.99 Å². The van der Waals surface area contributed by atoms with E-state index in [-0.39, 0.29) is 5.29 Å². The number of ether oxygens (including phenoxy) is 1. The van der Waals surface area contributed by atoms with Crippen LogP contribution in [0.15, 0.2) is 4.99 Å². The van der Waals surface area contributed by atoms with Crippen molar-refractivity contribution in [3.8, 4) is 0 Å². The Morgan fingerprint density at radius 1 is 1.75 bits per heavy atom. The summed E-state index contributed by atoms with van der Waals surface area (Å²) < 4.78 is 4.59. The highest BCUT2D eigenvalue weighted by atomic mass is 35.5. The summed E-state index contributed by atoms with van der Waals surface area (Å²) in [6.45, 7) is 1.62. The third-order valence-electron chi connectivity index (χ3n) is 0.551. The Kier molecular flexibility index (Phi) is 3.19. The van der Waals surface area contributed by atoms with Crippen LogP contribution in [-0.2, 0) is 4.74 Å². The van der Waals surface area contributed by atoms with Crippen LogP contribution in [-0.4, -0.2) is 18.3 Å². The Balaban J connectivity index is 3.75. The number of halogens is 1. The van der Waals surface area contributed by atoms with Crippen molar-refractivity contribution in [2.75, 3.05) is 7.11 Å². The average Bonchev–Trinajstić information content (AvgIpc) is 1.65. The second-order valence-corrected chi connectivity index (χ2v) is 1.48. The van der Waals surface area contributed by atoms with E-state index in [2.05, 4.69) is 9.73 Å². The molecule has 0 atom stereocenters. The van der Waals surface area contributed by atoms with Crippen molar-refractivity contribution >= 4 is 22.8 Å². The number of hydrogen-bond acceptors (Lipinski definition) is 2. The smallest absolute Gasteiger partial charge is 0.217 e. The minimum absolute atomic E-state index is 0.260. The molecule has 0 radical (unpaired) electrons. The highest BCUT2D eigenvalue weighted by Crippen LogP contribution is 1.84. The molecule has 0 unspecified atom stereocenters. The average molecular weight is 135 g/mol.